The molecule has 0 spiro atoms. The number of anilines is 1. The quantitative estimate of drug-likeness (QED) is 0.446. The smallest absolute Gasteiger partial charge is 0.492 e. The molecule has 0 saturated carbocycles. The summed E-state index contributed by atoms with van der Waals surface area (Å²) in [7, 11) is -5.60. The van der Waals surface area contributed by atoms with E-state index in [0.29, 0.717) is 40.7 Å². The van der Waals surface area contributed by atoms with Crippen LogP contribution in [0.5, 0.6) is 5.75 Å². The Kier molecular flexibility index (Phi) is 7.86. The first-order valence-electron chi connectivity index (χ1n) is 11.5. The molecule has 2 heterocycles. The first-order chi connectivity index (χ1) is 17.2. The van der Waals surface area contributed by atoms with Crippen LogP contribution in [0.15, 0.2) is 61.1 Å². The van der Waals surface area contributed by atoms with E-state index in [2.05, 4.69) is 9.97 Å². The van der Waals surface area contributed by atoms with E-state index >= 15 is 0 Å². The van der Waals surface area contributed by atoms with Gasteiger partial charge in [-0.05, 0) is 30.5 Å². The zero-order valence-electron chi connectivity index (χ0n) is 19.5. The number of hydrogen-bond donors (Lipinski definition) is 2. The number of aryl methyl sites for hydroxylation is 1. The largest absolute Gasteiger partial charge is 0.511 e. The minimum atomic E-state index is -5.60. The van der Waals surface area contributed by atoms with Crippen molar-refractivity contribution in [3.63, 3.8) is 0 Å². The second-order valence-corrected chi connectivity index (χ2v) is 10.4. The van der Waals surface area contributed by atoms with Crippen molar-refractivity contribution >= 4 is 15.7 Å². The number of H-pyrrole nitrogens is 1. The summed E-state index contributed by atoms with van der Waals surface area (Å²) in [5.41, 5.74) is 2.86. The van der Waals surface area contributed by atoms with E-state index in [4.69, 9.17) is 10.5 Å². The van der Waals surface area contributed by atoms with Gasteiger partial charge in [0.15, 0.2) is 0 Å². The van der Waals surface area contributed by atoms with Crippen LogP contribution in [-0.2, 0) is 29.5 Å². The van der Waals surface area contributed by atoms with Crippen LogP contribution in [0, 0.1) is 0 Å². The summed E-state index contributed by atoms with van der Waals surface area (Å²) in [6.07, 6.45) is 4.14. The second kappa shape index (κ2) is 10.9. The highest BCUT2D eigenvalue weighted by molar-refractivity contribution is 7.89. The molecule has 36 heavy (non-hydrogen) atoms. The van der Waals surface area contributed by atoms with Gasteiger partial charge in [0.25, 0.3) is 0 Å². The zero-order chi connectivity index (χ0) is 25.8. The second-order valence-electron chi connectivity index (χ2n) is 8.52. The molecular weight excluding hydrogens is 495 g/mol. The van der Waals surface area contributed by atoms with Gasteiger partial charge in [0.2, 0.25) is 0 Å². The SMILES string of the molecule is NCCOc1cccc2c1CN(S(=O)(=O)C(F)(F)F)C[C@@H](CCc1ccccc1)N2Cc1cnc[nH]1. The number of aromatic amines is 1. The van der Waals surface area contributed by atoms with Crippen molar-refractivity contribution in [2.45, 2.75) is 37.5 Å². The van der Waals surface area contributed by atoms with E-state index in [0.717, 1.165) is 11.3 Å². The number of rotatable bonds is 9. The summed E-state index contributed by atoms with van der Waals surface area (Å²) < 4.78 is 72.7. The number of nitrogens with one attached hydrogen (secondary N) is 1. The summed E-state index contributed by atoms with van der Waals surface area (Å²) in [4.78, 5) is 9.02. The van der Waals surface area contributed by atoms with Gasteiger partial charge in [-0.3, -0.25) is 0 Å². The topological polar surface area (TPSA) is 105 Å². The molecule has 8 nitrogen and oxygen atoms in total. The standard InChI is InChI=1S/C24H28F3N5O3S/c25-24(26,27)36(33,34)31-15-20(10-9-18-5-2-1-3-6-18)32(14-19-13-29-17-30-19)22-7-4-8-23(21(22)16-31)35-12-11-28/h1-8,13,17,20H,9-12,14-16,28H2,(H,29,30)/t20-/m1/s1. The van der Waals surface area contributed by atoms with E-state index in [-0.39, 0.29) is 19.7 Å². The Morgan fingerprint density at radius 1 is 1.14 bits per heavy atom. The van der Waals surface area contributed by atoms with Gasteiger partial charge < -0.3 is 20.4 Å². The fraction of sp³-hybridized carbons (Fsp3) is 0.375. The third-order valence-electron chi connectivity index (χ3n) is 6.12. The molecule has 0 aliphatic carbocycles. The number of benzene rings is 2. The van der Waals surface area contributed by atoms with Crippen molar-refractivity contribution in [1.82, 2.24) is 14.3 Å². The maximum Gasteiger partial charge on any atom is 0.511 e. The molecule has 12 heteroatoms. The Labute approximate surface area is 207 Å². The van der Waals surface area contributed by atoms with Gasteiger partial charge in [-0.15, -0.1) is 0 Å². The maximum absolute atomic E-state index is 13.7. The first-order valence-corrected chi connectivity index (χ1v) is 12.9. The number of nitrogens with zero attached hydrogens (tertiary/aromatic N) is 3. The summed E-state index contributed by atoms with van der Waals surface area (Å²) in [6.45, 7) is -0.175. The number of sulfonamides is 1. The zero-order valence-corrected chi connectivity index (χ0v) is 20.3. The molecule has 0 amide bonds. The first kappa shape index (κ1) is 26.0. The maximum atomic E-state index is 13.7. The van der Waals surface area contributed by atoms with Crippen LogP contribution in [0.1, 0.15) is 23.2 Å². The highest BCUT2D eigenvalue weighted by Gasteiger charge is 2.51. The van der Waals surface area contributed by atoms with E-state index in [1.807, 2.05) is 35.2 Å². The molecule has 1 aliphatic heterocycles. The molecule has 1 atom stereocenters. The molecule has 2 aromatic carbocycles. The van der Waals surface area contributed by atoms with Crippen molar-refractivity contribution < 1.29 is 26.3 Å². The predicted octanol–water partition coefficient (Wildman–Crippen LogP) is 3.42. The van der Waals surface area contributed by atoms with Gasteiger partial charge in [0.1, 0.15) is 12.4 Å². The van der Waals surface area contributed by atoms with Gasteiger partial charge in [0, 0.05) is 43.1 Å². The molecule has 0 bridgehead atoms. The average Bonchev–Trinajstić information content (AvgIpc) is 3.31. The fourth-order valence-corrected chi connectivity index (χ4v) is 5.34. The summed E-state index contributed by atoms with van der Waals surface area (Å²) in [6, 6.07) is 14.1. The summed E-state index contributed by atoms with van der Waals surface area (Å²) in [5, 5.41) is 0. The third-order valence-corrected chi connectivity index (χ3v) is 7.66. The van der Waals surface area contributed by atoms with E-state index < -0.39 is 28.1 Å². The Balaban J connectivity index is 1.80. The fourth-order valence-electron chi connectivity index (χ4n) is 4.38. The minimum absolute atomic E-state index is 0.139. The molecule has 4 rings (SSSR count). The Hall–Kier alpha value is -3.09. The van der Waals surface area contributed by atoms with Gasteiger partial charge in [-0.1, -0.05) is 36.4 Å². The molecule has 0 unspecified atom stereocenters. The van der Waals surface area contributed by atoms with E-state index in [9.17, 15) is 21.6 Å². The van der Waals surface area contributed by atoms with Crippen LogP contribution in [-0.4, -0.2) is 53.9 Å². The van der Waals surface area contributed by atoms with Crippen LogP contribution >= 0.6 is 0 Å². The van der Waals surface area contributed by atoms with Crippen molar-refractivity contribution in [2.75, 3.05) is 24.6 Å². The summed E-state index contributed by atoms with van der Waals surface area (Å²) >= 11 is 0. The lowest BCUT2D eigenvalue weighted by Crippen LogP contribution is -2.47. The number of hydrogen-bond acceptors (Lipinski definition) is 6. The van der Waals surface area contributed by atoms with Crippen molar-refractivity contribution in [2.24, 2.45) is 5.73 Å². The molecule has 0 saturated heterocycles. The van der Waals surface area contributed by atoms with Crippen molar-refractivity contribution in [3.05, 3.63) is 77.9 Å². The molecule has 1 aromatic heterocycles. The molecule has 0 radical (unpaired) electrons. The lowest BCUT2D eigenvalue weighted by Gasteiger charge is -2.34. The van der Waals surface area contributed by atoms with Crippen LogP contribution in [0.25, 0.3) is 0 Å². The Morgan fingerprint density at radius 2 is 1.92 bits per heavy atom. The number of nitrogens with two attached hydrogens (primary N) is 1. The van der Waals surface area contributed by atoms with E-state index in [1.54, 1.807) is 24.4 Å². The van der Waals surface area contributed by atoms with Crippen LogP contribution in [0.4, 0.5) is 18.9 Å². The molecule has 194 valence electrons. The molecule has 0 fully saturated rings. The third kappa shape index (κ3) is 5.66. The number of ether oxygens (including phenoxy) is 1. The number of alkyl halides is 3. The number of imidazole rings is 1. The monoisotopic (exact) mass is 523 g/mol. The number of aromatic nitrogens is 2. The average molecular weight is 524 g/mol. The molecule has 1 aliphatic rings. The van der Waals surface area contributed by atoms with E-state index in [1.165, 1.54) is 6.33 Å². The highest BCUT2D eigenvalue weighted by Crippen LogP contribution is 2.39. The van der Waals surface area contributed by atoms with Gasteiger partial charge in [0.05, 0.1) is 18.6 Å². The summed E-state index contributed by atoms with van der Waals surface area (Å²) in [5.74, 6) is 0.304. The minimum Gasteiger partial charge on any atom is -0.492 e. The van der Waals surface area contributed by atoms with Gasteiger partial charge >= 0.3 is 15.5 Å². The number of halogens is 3. The Morgan fingerprint density at radius 3 is 2.58 bits per heavy atom. The van der Waals surface area contributed by atoms with Crippen molar-refractivity contribution in [3.8, 4) is 5.75 Å². The molecule has 3 N–H and O–H groups in total. The highest BCUT2D eigenvalue weighted by atomic mass is 32.2. The van der Waals surface area contributed by atoms with Crippen LogP contribution in [0.3, 0.4) is 0 Å². The van der Waals surface area contributed by atoms with Gasteiger partial charge in [-0.25, -0.2) is 13.4 Å². The van der Waals surface area contributed by atoms with Crippen molar-refractivity contribution in [1.29, 1.82) is 0 Å². The lowest BCUT2D eigenvalue weighted by molar-refractivity contribution is -0.0492. The normalized spacial score (nSPS) is 17.0. The predicted molar refractivity (Wildman–Crippen MR) is 130 cm³/mol. The van der Waals surface area contributed by atoms with Crippen LogP contribution < -0.4 is 15.4 Å². The number of fused-ring (bicyclic) bond motifs is 1. The molecular formula is C24H28F3N5O3S. The lowest BCUT2D eigenvalue weighted by atomic mass is 10.0. The van der Waals surface area contributed by atoms with Crippen LogP contribution in [0.2, 0.25) is 0 Å². The van der Waals surface area contributed by atoms with Gasteiger partial charge in [-0.2, -0.15) is 17.5 Å². The molecule has 3 aromatic rings. The Bertz CT molecular complexity index is 1240.